The summed E-state index contributed by atoms with van der Waals surface area (Å²) in [7, 11) is 0. The van der Waals surface area contributed by atoms with Crippen LogP contribution < -0.4 is 5.73 Å². The lowest BCUT2D eigenvalue weighted by Crippen LogP contribution is -2.08. The van der Waals surface area contributed by atoms with Crippen molar-refractivity contribution in [3.8, 4) is 0 Å². The Morgan fingerprint density at radius 3 is 2.40 bits per heavy atom. The summed E-state index contributed by atoms with van der Waals surface area (Å²) in [5.74, 6) is -1.73. The Labute approximate surface area is 57.6 Å². The van der Waals surface area contributed by atoms with Gasteiger partial charge in [0.2, 0.25) is 0 Å². The van der Waals surface area contributed by atoms with Crippen LogP contribution in [0.15, 0.2) is 23.7 Å². The van der Waals surface area contributed by atoms with Gasteiger partial charge in [-0.15, -0.1) is 0 Å². The van der Waals surface area contributed by atoms with E-state index in [-0.39, 0.29) is 5.70 Å². The minimum Gasteiger partial charge on any atom is -0.477 e. The minimum atomic E-state index is -1.25. The standard InChI is InChI=1S/C6H8FNO2/c1-4(7)2-3-5(8)6(9)10/h2-3H,8H2,1H3,(H,9,10)/b4-2+,5-3-. The molecule has 0 atom stereocenters. The van der Waals surface area contributed by atoms with Crippen molar-refractivity contribution in [3.63, 3.8) is 0 Å². The van der Waals surface area contributed by atoms with E-state index in [0.717, 1.165) is 12.2 Å². The summed E-state index contributed by atoms with van der Waals surface area (Å²) in [6, 6.07) is 0. The van der Waals surface area contributed by atoms with Gasteiger partial charge < -0.3 is 10.8 Å². The molecular weight excluding hydrogens is 137 g/mol. The van der Waals surface area contributed by atoms with Gasteiger partial charge in [-0.3, -0.25) is 0 Å². The summed E-state index contributed by atoms with van der Waals surface area (Å²) in [5, 5.41) is 8.15. The Kier molecular flexibility index (Phi) is 3.17. The molecule has 0 unspecified atom stereocenters. The molecule has 3 nitrogen and oxygen atoms in total. The van der Waals surface area contributed by atoms with Crippen molar-refractivity contribution in [2.45, 2.75) is 6.92 Å². The summed E-state index contributed by atoms with van der Waals surface area (Å²) >= 11 is 0. The number of hydrogen-bond acceptors (Lipinski definition) is 2. The molecule has 4 heteroatoms. The topological polar surface area (TPSA) is 63.3 Å². The molecular formula is C6H8FNO2. The van der Waals surface area contributed by atoms with Gasteiger partial charge in [0.05, 0.1) is 5.83 Å². The number of nitrogens with two attached hydrogens (primary N) is 1. The van der Waals surface area contributed by atoms with Gasteiger partial charge in [0, 0.05) is 0 Å². The molecule has 0 aliphatic carbocycles. The molecule has 0 amide bonds. The molecule has 0 radical (unpaired) electrons. The summed E-state index contributed by atoms with van der Waals surface area (Å²) in [4.78, 5) is 9.97. The van der Waals surface area contributed by atoms with Crippen molar-refractivity contribution in [1.82, 2.24) is 0 Å². The Hall–Kier alpha value is -1.32. The molecule has 0 heterocycles. The van der Waals surface area contributed by atoms with Gasteiger partial charge in [-0.1, -0.05) is 0 Å². The van der Waals surface area contributed by atoms with Crippen LogP contribution in [0, 0.1) is 0 Å². The number of halogens is 1. The van der Waals surface area contributed by atoms with Crippen LogP contribution in [-0.4, -0.2) is 11.1 Å². The Morgan fingerprint density at radius 1 is 1.60 bits per heavy atom. The van der Waals surface area contributed by atoms with Crippen LogP contribution in [0.4, 0.5) is 4.39 Å². The van der Waals surface area contributed by atoms with Crippen molar-refractivity contribution in [2.24, 2.45) is 5.73 Å². The Bertz CT molecular complexity index is 192. The lowest BCUT2D eigenvalue weighted by atomic mass is 10.4. The Balaban J connectivity index is 4.19. The Morgan fingerprint density at radius 2 is 2.10 bits per heavy atom. The van der Waals surface area contributed by atoms with Crippen LogP contribution in [-0.2, 0) is 4.79 Å². The van der Waals surface area contributed by atoms with Crippen molar-refractivity contribution in [3.05, 3.63) is 23.7 Å². The average molecular weight is 145 g/mol. The van der Waals surface area contributed by atoms with Gasteiger partial charge in [0.15, 0.2) is 0 Å². The van der Waals surface area contributed by atoms with Gasteiger partial charge in [0.1, 0.15) is 5.70 Å². The fraction of sp³-hybridized carbons (Fsp3) is 0.167. The maximum Gasteiger partial charge on any atom is 0.351 e. The molecule has 0 aliphatic heterocycles. The maximum atomic E-state index is 11.9. The SMILES string of the molecule is C/C(F)=C\C=C(/N)C(=O)O. The smallest absolute Gasteiger partial charge is 0.351 e. The summed E-state index contributed by atoms with van der Waals surface area (Å²) in [5.41, 5.74) is 4.54. The fourth-order valence-corrected chi connectivity index (χ4v) is 0.276. The highest BCUT2D eigenvalue weighted by Gasteiger charge is 1.96. The molecule has 3 N–H and O–H groups in total. The molecule has 0 saturated heterocycles. The van der Waals surface area contributed by atoms with Crippen LogP contribution in [0.2, 0.25) is 0 Å². The van der Waals surface area contributed by atoms with E-state index in [2.05, 4.69) is 0 Å². The molecule has 0 saturated carbocycles. The van der Waals surface area contributed by atoms with Crippen molar-refractivity contribution >= 4 is 5.97 Å². The average Bonchev–Trinajstić information content (AvgIpc) is 1.82. The van der Waals surface area contributed by atoms with Crippen LogP contribution in [0.25, 0.3) is 0 Å². The summed E-state index contributed by atoms with van der Waals surface area (Å²) in [6.45, 7) is 1.20. The van der Waals surface area contributed by atoms with Crippen molar-refractivity contribution in [1.29, 1.82) is 0 Å². The zero-order valence-corrected chi connectivity index (χ0v) is 5.47. The minimum absolute atomic E-state index is 0.378. The highest BCUT2D eigenvalue weighted by Crippen LogP contribution is 1.94. The predicted octanol–water partition coefficient (Wildman–Crippen LogP) is 0.787. The molecule has 0 aliphatic rings. The van der Waals surface area contributed by atoms with Crippen LogP contribution in [0.3, 0.4) is 0 Å². The second-order valence-corrected chi connectivity index (χ2v) is 1.68. The fourth-order valence-electron chi connectivity index (χ4n) is 0.276. The number of carbonyl (C=O) groups is 1. The monoisotopic (exact) mass is 145 g/mol. The highest BCUT2D eigenvalue weighted by atomic mass is 19.1. The second-order valence-electron chi connectivity index (χ2n) is 1.68. The second kappa shape index (κ2) is 3.66. The van der Waals surface area contributed by atoms with Crippen LogP contribution >= 0.6 is 0 Å². The zero-order chi connectivity index (χ0) is 8.15. The van der Waals surface area contributed by atoms with Gasteiger partial charge in [-0.05, 0) is 19.1 Å². The van der Waals surface area contributed by atoms with Gasteiger partial charge in [-0.2, -0.15) is 0 Å². The van der Waals surface area contributed by atoms with Crippen LogP contribution in [0.5, 0.6) is 0 Å². The lowest BCUT2D eigenvalue weighted by molar-refractivity contribution is -0.132. The number of rotatable bonds is 2. The van der Waals surface area contributed by atoms with E-state index in [9.17, 15) is 9.18 Å². The first kappa shape index (κ1) is 8.68. The number of aliphatic carboxylic acids is 1. The summed E-state index contributed by atoms with van der Waals surface area (Å²) in [6.07, 6.45) is 1.99. The zero-order valence-electron chi connectivity index (χ0n) is 5.47. The highest BCUT2D eigenvalue weighted by molar-refractivity contribution is 5.85. The van der Waals surface area contributed by atoms with E-state index in [1.165, 1.54) is 6.92 Å². The lowest BCUT2D eigenvalue weighted by Gasteiger charge is -1.87. The quantitative estimate of drug-likeness (QED) is 0.446. The molecule has 10 heavy (non-hydrogen) atoms. The predicted molar refractivity (Wildman–Crippen MR) is 34.8 cm³/mol. The van der Waals surface area contributed by atoms with Crippen molar-refractivity contribution in [2.75, 3.05) is 0 Å². The molecule has 0 aromatic carbocycles. The van der Waals surface area contributed by atoms with E-state index in [0.29, 0.717) is 0 Å². The third-order valence-corrected chi connectivity index (χ3v) is 0.740. The van der Waals surface area contributed by atoms with Gasteiger partial charge in [-0.25, -0.2) is 9.18 Å². The molecule has 0 fully saturated rings. The maximum absolute atomic E-state index is 11.9. The van der Waals surface area contributed by atoms with E-state index in [1.807, 2.05) is 0 Å². The first-order chi connectivity index (χ1) is 4.54. The van der Waals surface area contributed by atoms with Crippen LogP contribution in [0.1, 0.15) is 6.92 Å². The number of carboxylic acids is 1. The molecule has 0 rings (SSSR count). The summed E-state index contributed by atoms with van der Waals surface area (Å²) < 4.78 is 11.9. The van der Waals surface area contributed by atoms with E-state index in [4.69, 9.17) is 10.8 Å². The third-order valence-electron chi connectivity index (χ3n) is 0.740. The van der Waals surface area contributed by atoms with E-state index < -0.39 is 11.8 Å². The third kappa shape index (κ3) is 3.65. The molecule has 0 spiro atoms. The largest absolute Gasteiger partial charge is 0.477 e. The normalized spacial score (nSPS) is 13.4. The van der Waals surface area contributed by atoms with Crippen molar-refractivity contribution < 1.29 is 14.3 Å². The first-order valence-electron chi connectivity index (χ1n) is 2.57. The molecule has 0 aromatic heterocycles. The molecule has 0 aromatic rings. The molecule has 56 valence electrons. The first-order valence-corrected chi connectivity index (χ1v) is 2.57. The van der Waals surface area contributed by atoms with E-state index >= 15 is 0 Å². The molecule has 0 bridgehead atoms. The number of carboxylic acid groups (broad SMARTS) is 1. The number of hydrogen-bond donors (Lipinski definition) is 2. The van der Waals surface area contributed by atoms with Gasteiger partial charge in [0.25, 0.3) is 0 Å². The van der Waals surface area contributed by atoms with Gasteiger partial charge >= 0.3 is 5.97 Å². The number of allylic oxidation sites excluding steroid dienone is 3. The van der Waals surface area contributed by atoms with E-state index in [1.54, 1.807) is 0 Å².